The van der Waals surface area contributed by atoms with E-state index in [1.165, 1.54) is 12.1 Å². The van der Waals surface area contributed by atoms with E-state index in [4.69, 9.17) is 16.3 Å². The third kappa shape index (κ3) is 6.39. The number of nitrogens with zero attached hydrogens (tertiary/aromatic N) is 1. The Hall–Kier alpha value is -1.19. The first kappa shape index (κ1) is 22.5. The fourth-order valence-electron chi connectivity index (χ4n) is 3.34. The Morgan fingerprint density at radius 3 is 2.62 bits per heavy atom. The Bertz CT molecular complexity index is 922. The Labute approximate surface area is 183 Å². The van der Waals surface area contributed by atoms with Gasteiger partial charge in [0.05, 0.1) is 11.5 Å². The van der Waals surface area contributed by atoms with Gasteiger partial charge in [-0.15, -0.1) is 0 Å². The summed E-state index contributed by atoms with van der Waals surface area (Å²) < 4.78 is 44.7. The second kappa shape index (κ2) is 9.75. The van der Waals surface area contributed by atoms with Crippen LogP contribution in [-0.2, 0) is 16.4 Å². The summed E-state index contributed by atoms with van der Waals surface area (Å²) in [6.07, 6.45) is -0.443. The zero-order chi connectivity index (χ0) is 21.0. The third-order valence-electron chi connectivity index (χ3n) is 4.85. The first-order valence-corrected chi connectivity index (χ1v) is 12.2. The van der Waals surface area contributed by atoms with Crippen molar-refractivity contribution in [1.82, 2.24) is 4.90 Å². The van der Waals surface area contributed by atoms with Gasteiger partial charge in [0.2, 0.25) is 0 Å². The lowest BCUT2D eigenvalue weighted by Crippen LogP contribution is -2.42. The van der Waals surface area contributed by atoms with Gasteiger partial charge >= 0.3 is 0 Å². The minimum Gasteiger partial charge on any atom is -0.491 e. The molecule has 1 fully saturated rings. The Morgan fingerprint density at radius 2 is 2.00 bits per heavy atom. The van der Waals surface area contributed by atoms with E-state index in [1.54, 1.807) is 23.1 Å². The van der Waals surface area contributed by atoms with Gasteiger partial charge in [0.15, 0.2) is 9.84 Å². The Kier molecular flexibility index (Phi) is 7.56. The molecule has 3 rings (SSSR count). The van der Waals surface area contributed by atoms with Crippen LogP contribution in [-0.4, -0.2) is 55.2 Å². The molecule has 5 nitrogen and oxygen atoms in total. The second-order valence-corrected chi connectivity index (χ2v) is 10.7. The Morgan fingerprint density at radius 1 is 1.28 bits per heavy atom. The molecule has 1 aliphatic rings. The van der Waals surface area contributed by atoms with E-state index in [0.717, 1.165) is 4.47 Å². The zero-order valence-electron chi connectivity index (χ0n) is 15.6. The van der Waals surface area contributed by atoms with E-state index in [-0.39, 0.29) is 42.3 Å². The van der Waals surface area contributed by atoms with Gasteiger partial charge in [0.25, 0.3) is 0 Å². The number of aliphatic hydroxyl groups excluding tert-OH is 1. The van der Waals surface area contributed by atoms with Crippen molar-refractivity contribution in [1.29, 1.82) is 0 Å². The molecule has 0 radical (unpaired) electrons. The van der Waals surface area contributed by atoms with Crippen molar-refractivity contribution in [3.63, 3.8) is 0 Å². The first-order valence-electron chi connectivity index (χ1n) is 9.17. The van der Waals surface area contributed by atoms with Crippen LogP contribution in [0.1, 0.15) is 12.0 Å². The highest BCUT2D eigenvalue weighted by molar-refractivity contribution is 9.10. The molecular weight excluding hydrogens is 485 g/mol. The molecule has 0 saturated carbocycles. The van der Waals surface area contributed by atoms with E-state index in [1.807, 2.05) is 12.1 Å². The van der Waals surface area contributed by atoms with Crippen LogP contribution in [0.2, 0.25) is 5.02 Å². The van der Waals surface area contributed by atoms with E-state index < -0.39 is 21.8 Å². The van der Waals surface area contributed by atoms with Gasteiger partial charge in [-0.05, 0) is 42.8 Å². The van der Waals surface area contributed by atoms with Gasteiger partial charge < -0.3 is 9.84 Å². The summed E-state index contributed by atoms with van der Waals surface area (Å²) in [7, 11) is -3.13. The number of hydrogen-bond donors (Lipinski definition) is 1. The summed E-state index contributed by atoms with van der Waals surface area (Å²) >= 11 is 9.50. The molecule has 2 aromatic carbocycles. The molecule has 1 N–H and O–H groups in total. The van der Waals surface area contributed by atoms with E-state index in [9.17, 15) is 17.9 Å². The lowest BCUT2D eigenvalue weighted by molar-refractivity contribution is 0.0520. The lowest BCUT2D eigenvalue weighted by atomic mass is 10.1. The highest BCUT2D eigenvalue weighted by Gasteiger charge is 2.33. The van der Waals surface area contributed by atoms with Crippen LogP contribution in [0.4, 0.5) is 4.39 Å². The summed E-state index contributed by atoms with van der Waals surface area (Å²) in [4.78, 5) is 1.78. The van der Waals surface area contributed by atoms with Gasteiger partial charge in [0, 0.05) is 34.2 Å². The molecule has 0 spiro atoms. The van der Waals surface area contributed by atoms with Crippen molar-refractivity contribution in [3.05, 3.63) is 63.3 Å². The standard InChI is InChI=1S/C20H22BrClFNO4S/c21-14-4-6-17(7-5-14)28-12-16(25)10-24(15-8-9-29(26,27)13-15)11-18-19(22)2-1-3-20(18)23/h1-7,15-16,25H,8-13H2. The van der Waals surface area contributed by atoms with Crippen molar-refractivity contribution in [2.75, 3.05) is 24.7 Å². The molecule has 9 heteroatoms. The lowest BCUT2D eigenvalue weighted by Gasteiger charge is -2.30. The first-order chi connectivity index (χ1) is 13.7. The summed E-state index contributed by atoms with van der Waals surface area (Å²) in [6.45, 7) is 0.283. The van der Waals surface area contributed by atoms with Crippen LogP contribution < -0.4 is 4.74 Å². The quantitative estimate of drug-likeness (QED) is 0.592. The predicted octanol–water partition coefficient (Wildman–Crippen LogP) is 3.67. The number of sulfone groups is 1. The van der Waals surface area contributed by atoms with Crippen LogP contribution in [0.15, 0.2) is 46.9 Å². The summed E-state index contributed by atoms with van der Waals surface area (Å²) in [6, 6.07) is 11.3. The van der Waals surface area contributed by atoms with Gasteiger partial charge in [-0.1, -0.05) is 33.6 Å². The van der Waals surface area contributed by atoms with Crippen LogP contribution in [0.3, 0.4) is 0 Å². The molecule has 2 atom stereocenters. The largest absolute Gasteiger partial charge is 0.491 e. The van der Waals surface area contributed by atoms with Crippen LogP contribution in [0.25, 0.3) is 0 Å². The number of aliphatic hydroxyl groups is 1. The number of halogens is 3. The normalized spacial score (nSPS) is 19.4. The number of hydrogen-bond acceptors (Lipinski definition) is 5. The van der Waals surface area contributed by atoms with Gasteiger partial charge in [-0.2, -0.15) is 0 Å². The fraction of sp³-hybridized carbons (Fsp3) is 0.400. The van der Waals surface area contributed by atoms with Crippen LogP contribution >= 0.6 is 27.5 Å². The van der Waals surface area contributed by atoms with E-state index in [0.29, 0.717) is 17.7 Å². The maximum atomic E-state index is 14.3. The maximum Gasteiger partial charge on any atom is 0.151 e. The molecule has 1 aliphatic heterocycles. The third-order valence-corrected chi connectivity index (χ3v) is 7.48. The topological polar surface area (TPSA) is 66.8 Å². The molecule has 0 aliphatic carbocycles. The van der Waals surface area contributed by atoms with Crippen molar-refractivity contribution >= 4 is 37.4 Å². The molecule has 2 aromatic rings. The minimum atomic E-state index is -3.13. The van der Waals surface area contributed by atoms with Crippen molar-refractivity contribution in [3.8, 4) is 5.75 Å². The van der Waals surface area contributed by atoms with Gasteiger partial charge in [-0.25, -0.2) is 12.8 Å². The average Bonchev–Trinajstić information content (AvgIpc) is 3.03. The second-order valence-electron chi connectivity index (χ2n) is 7.11. The SMILES string of the molecule is O=S1(=O)CCC(N(Cc2c(F)cccc2Cl)CC(O)COc2ccc(Br)cc2)C1. The molecule has 1 saturated heterocycles. The fourth-order valence-corrected chi connectivity index (χ4v) is 5.59. The van der Waals surface area contributed by atoms with Crippen molar-refractivity contribution in [2.24, 2.45) is 0 Å². The highest BCUT2D eigenvalue weighted by Crippen LogP contribution is 2.25. The molecule has 158 valence electrons. The molecule has 2 unspecified atom stereocenters. The smallest absolute Gasteiger partial charge is 0.151 e. The van der Waals surface area contributed by atoms with Crippen molar-refractivity contribution < 1.29 is 22.7 Å². The van der Waals surface area contributed by atoms with Gasteiger partial charge in [0.1, 0.15) is 24.3 Å². The summed E-state index contributed by atoms with van der Waals surface area (Å²) in [5.74, 6) is 0.229. The number of ether oxygens (including phenoxy) is 1. The molecule has 29 heavy (non-hydrogen) atoms. The zero-order valence-corrected chi connectivity index (χ0v) is 18.8. The predicted molar refractivity (Wildman–Crippen MR) is 115 cm³/mol. The molecule has 0 amide bonds. The molecule has 1 heterocycles. The van der Waals surface area contributed by atoms with E-state index >= 15 is 0 Å². The average molecular weight is 507 g/mol. The molecule has 0 aromatic heterocycles. The van der Waals surface area contributed by atoms with E-state index in [2.05, 4.69) is 15.9 Å². The Balaban J connectivity index is 1.69. The molecule has 0 bridgehead atoms. The highest BCUT2D eigenvalue weighted by atomic mass is 79.9. The number of benzene rings is 2. The van der Waals surface area contributed by atoms with Gasteiger partial charge in [-0.3, -0.25) is 4.90 Å². The maximum absolute atomic E-state index is 14.3. The monoisotopic (exact) mass is 505 g/mol. The summed E-state index contributed by atoms with van der Waals surface area (Å²) in [5.41, 5.74) is 0.291. The summed E-state index contributed by atoms with van der Waals surface area (Å²) in [5, 5.41) is 10.8. The van der Waals surface area contributed by atoms with Crippen LogP contribution in [0.5, 0.6) is 5.75 Å². The molecular formula is C20H22BrClFNO4S. The van der Waals surface area contributed by atoms with Crippen LogP contribution in [0, 0.1) is 5.82 Å². The minimum absolute atomic E-state index is 0.0145. The van der Waals surface area contributed by atoms with Crippen molar-refractivity contribution in [2.45, 2.75) is 25.1 Å². The number of rotatable bonds is 8.